The van der Waals surface area contributed by atoms with Crippen LogP contribution in [0.15, 0.2) is 78.9 Å². The first kappa shape index (κ1) is 15.6. The number of rotatable bonds is 2. The van der Waals surface area contributed by atoms with Gasteiger partial charge in [0.05, 0.1) is 22.2 Å². The van der Waals surface area contributed by atoms with Crippen LogP contribution in [0.25, 0.3) is 27.3 Å². The molecule has 4 nitrogen and oxygen atoms in total. The SMILES string of the molecule is Cc1nc2ccccc2c2c(NC(=O)c3ccccc3)c3ccccc3n12. The highest BCUT2D eigenvalue weighted by atomic mass is 16.1. The third-order valence-electron chi connectivity index (χ3n) is 4.91. The number of carbonyl (C=O) groups excluding carboxylic acids is 1. The van der Waals surface area contributed by atoms with E-state index in [0.29, 0.717) is 5.56 Å². The smallest absolute Gasteiger partial charge is 0.255 e. The number of fused-ring (bicyclic) bond motifs is 5. The summed E-state index contributed by atoms with van der Waals surface area (Å²) in [6.07, 6.45) is 0. The van der Waals surface area contributed by atoms with Crippen molar-refractivity contribution in [2.24, 2.45) is 0 Å². The van der Waals surface area contributed by atoms with E-state index in [1.165, 1.54) is 0 Å². The number of carbonyl (C=O) groups is 1. The number of anilines is 1. The number of nitrogens with zero attached hydrogens (tertiary/aromatic N) is 2. The van der Waals surface area contributed by atoms with Gasteiger partial charge in [0.15, 0.2) is 0 Å². The maximum Gasteiger partial charge on any atom is 0.255 e. The van der Waals surface area contributed by atoms with Gasteiger partial charge in [-0.1, -0.05) is 54.6 Å². The van der Waals surface area contributed by atoms with E-state index >= 15 is 0 Å². The number of hydrogen-bond donors (Lipinski definition) is 1. The summed E-state index contributed by atoms with van der Waals surface area (Å²) < 4.78 is 2.12. The van der Waals surface area contributed by atoms with E-state index in [2.05, 4.69) is 15.8 Å². The zero-order valence-corrected chi connectivity index (χ0v) is 14.8. The minimum atomic E-state index is -0.118. The molecule has 0 radical (unpaired) electrons. The third-order valence-corrected chi connectivity index (χ3v) is 4.91. The number of benzene rings is 3. The summed E-state index contributed by atoms with van der Waals surface area (Å²) in [5.74, 6) is 0.771. The molecule has 0 aliphatic heterocycles. The number of aromatic nitrogens is 2. The average molecular weight is 351 g/mol. The van der Waals surface area contributed by atoms with E-state index < -0.39 is 0 Å². The molecule has 27 heavy (non-hydrogen) atoms. The number of para-hydroxylation sites is 2. The molecule has 0 saturated heterocycles. The number of nitrogens with one attached hydrogen (secondary N) is 1. The van der Waals surface area contributed by atoms with Crippen LogP contribution in [-0.4, -0.2) is 15.3 Å². The molecule has 0 aliphatic carbocycles. The van der Waals surface area contributed by atoms with Crippen molar-refractivity contribution in [3.63, 3.8) is 0 Å². The minimum absolute atomic E-state index is 0.118. The standard InChI is InChI=1S/C23H17N3O/c1-15-24-19-13-7-5-11-17(19)22-21(18-12-6-8-14-20(18)26(15)22)25-23(27)16-9-3-2-4-10-16/h2-14H,1H3,(H,25,27). The van der Waals surface area contributed by atoms with Crippen LogP contribution in [0.4, 0.5) is 5.69 Å². The summed E-state index contributed by atoms with van der Waals surface area (Å²) in [5.41, 5.74) is 4.38. The Bertz CT molecular complexity index is 1320. The summed E-state index contributed by atoms with van der Waals surface area (Å²) in [4.78, 5) is 17.6. The Hall–Kier alpha value is -3.66. The van der Waals surface area contributed by atoms with E-state index in [4.69, 9.17) is 4.98 Å². The van der Waals surface area contributed by atoms with Gasteiger partial charge in [-0.15, -0.1) is 0 Å². The van der Waals surface area contributed by atoms with E-state index in [1.807, 2.05) is 79.7 Å². The van der Waals surface area contributed by atoms with Gasteiger partial charge in [0, 0.05) is 16.3 Å². The van der Waals surface area contributed by atoms with Crippen molar-refractivity contribution in [3.05, 3.63) is 90.3 Å². The predicted molar refractivity (Wildman–Crippen MR) is 109 cm³/mol. The van der Waals surface area contributed by atoms with Crippen LogP contribution in [0.5, 0.6) is 0 Å². The summed E-state index contributed by atoms with van der Waals surface area (Å²) in [7, 11) is 0. The van der Waals surface area contributed by atoms with Crippen molar-refractivity contribution in [1.82, 2.24) is 9.38 Å². The van der Waals surface area contributed by atoms with Crippen LogP contribution in [0, 0.1) is 6.92 Å². The lowest BCUT2D eigenvalue weighted by atomic mass is 10.1. The number of amides is 1. The van der Waals surface area contributed by atoms with Crippen molar-refractivity contribution in [2.75, 3.05) is 5.32 Å². The Labute approximate surface area is 156 Å². The summed E-state index contributed by atoms with van der Waals surface area (Å²) in [5, 5.41) is 5.18. The molecule has 0 aliphatic rings. The molecule has 3 aromatic carbocycles. The van der Waals surface area contributed by atoms with Crippen molar-refractivity contribution >= 4 is 38.9 Å². The van der Waals surface area contributed by atoms with Crippen molar-refractivity contribution in [2.45, 2.75) is 6.92 Å². The van der Waals surface area contributed by atoms with Gasteiger partial charge in [-0.05, 0) is 31.2 Å². The zero-order chi connectivity index (χ0) is 18.4. The lowest BCUT2D eigenvalue weighted by Crippen LogP contribution is -2.11. The first-order valence-electron chi connectivity index (χ1n) is 8.89. The second-order valence-electron chi connectivity index (χ2n) is 6.57. The second-order valence-corrected chi connectivity index (χ2v) is 6.57. The van der Waals surface area contributed by atoms with E-state index in [1.54, 1.807) is 0 Å². The number of hydrogen-bond acceptors (Lipinski definition) is 2. The van der Waals surface area contributed by atoms with Crippen LogP contribution in [0.1, 0.15) is 16.2 Å². The molecule has 0 saturated carbocycles. The fraction of sp³-hybridized carbons (Fsp3) is 0.0435. The summed E-state index contributed by atoms with van der Waals surface area (Å²) >= 11 is 0. The molecule has 5 aromatic rings. The quantitative estimate of drug-likeness (QED) is 0.475. The third kappa shape index (κ3) is 2.38. The van der Waals surface area contributed by atoms with Crippen molar-refractivity contribution < 1.29 is 4.79 Å². The van der Waals surface area contributed by atoms with Gasteiger partial charge in [-0.2, -0.15) is 0 Å². The first-order chi connectivity index (χ1) is 13.2. The van der Waals surface area contributed by atoms with Crippen LogP contribution in [0.3, 0.4) is 0 Å². The predicted octanol–water partition coefficient (Wildman–Crippen LogP) is 5.20. The molecule has 0 spiro atoms. The Morgan fingerprint density at radius 1 is 0.852 bits per heavy atom. The van der Waals surface area contributed by atoms with Gasteiger partial charge in [0.1, 0.15) is 5.82 Å². The van der Waals surface area contributed by atoms with E-state index in [9.17, 15) is 4.79 Å². The zero-order valence-electron chi connectivity index (χ0n) is 14.8. The van der Waals surface area contributed by atoms with Gasteiger partial charge >= 0.3 is 0 Å². The normalized spacial score (nSPS) is 11.3. The van der Waals surface area contributed by atoms with Gasteiger partial charge < -0.3 is 5.32 Å². The highest BCUT2D eigenvalue weighted by Gasteiger charge is 2.18. The Balaban J connectivity index is 1.85. The van der Waals surface area contributed by atoms with Gasteiger partial charge in [0.25, 0.3) is 5.91 Å². The second kappa shape index (κ2) is 5.95. The lowest BCUT2D eigenvalue weighted by Gasteiger charge is -2.09. The molecule has 5 rings (SSSR count). The van der Waals surface area contributed by atoms with Crippen LogP contribution in [-0.2, 0) is 0 Å². The molecule has 1 amide bonds. The largest absolute Gasteiger partial charge is 0.320 e. The van der Waals surface area contributed by atoms with Crippen LogP contribution in [0.2, 0.25) is 0 Å². The highest BCUT2D eigenvalue weighted by Crippen LogP contribution is 2.36. The van der Waals surface area contributed by atoms with Crippen LogP contribution >= 0.6 is 0 Å². The van der Waals surface area contributed by atoms with Crippen molar-refractivity contribution in [1.29, 1.82) is 0 Å². The molecular weight excluding hydrogens is 334 g/mol. The first-order valence-corrected chi connectivity index (χ1v) is 8.89. The number of aryl methyl sites for hydroxylation is 1. The molecule has 0 fully saturated rings. The highest BCUT2D eigenvalue weighted by molar-refractivity contribution is 6.18. The van der Waals surface area contributed by atoms with E-state index in [-0.39, 0.29) is 5.91 Å². The van der Waals surface area contributed by atoms with Crippen LogP contribution < -0.4 is 5.32 Å². The molecule has 0 unspecified atom stereocenters. The summed E-state index contributed by atoms with van der Waals surface area (Å²) in [6.45, 7) is 1.99. The summed E-state index contributed by atoms with van der Waals surface area (Å²) in [6, 6.07) is 25.4. The minimum Gasteiger partial charge on any atom is -0.320 e. The molecule has 130 valence electrons. The van der Waals surface area contributed by atoms with E-state index in [0.717, 1.165) is 38.8 Å². The maximum absolute atomic E-state index is 12.9. The molecule has 2 heterocycles. The van der Waals surface area contributed by atoms with Gasteiger partial charge in [0.2, 0.25) is 0 Å². The molecule has 4 heteroatoms. The van der Waals surface area contributed by atoms with Crippen molar-refractivity contribution in [3.8, 4) is 0 Å². The van der Waals surface area contributed by atoms with Gasteiger partial charge in [-0.25, -0.2) is 4.98 Å². The monoisotopic (exact) mass is 351 g/mol. The molecule has 1 N–H and O–H groups in total. The Morgan fingerprint density at radius 2 is 1.52 bits per heavy atom. The molecule has 0 bridgehead atoms. The Kier molecular flexibility index (Phi) is 3.44. The topological polar surface area (TPSA) is 46.4 Å². The molecular formula is C23H17N3O. The molecule has 0 atom stereocenters. The molecule has 2 aromatic heterocycles. The fourth-order valence-corrected chi connectivity index (χ4v) is 3.73. The average Bonchev–Trinajstić information content (AvgIpc) is 3.04. The Morgan fingerprint density at radius 3 is 2.33 bits per heavy atom. The maximum atomic E-state index is 12.9. The lowest BCUT2D eigenvalue weighted by molar-refractivity contribution is 0.102. The van der Waals surface area contributed by atoms with Gasteiger partial charge in [-0.3, -0.25) is 9.20 Å². The fourth-order valence-electron chi connectivity index (χ4n) is 3.73.